The first-order chi connectivity index (χ1) is 22.6. The van der Waals surface area contributed by atoms with Gasteiger partial charge in [-0.25, -0.2) is 0 Å². The standard InChI is InChI=1S/C39H48O7Si/c1-28-16-34(20-40)38(41-3)35(17-28)25-43-21-30-8-10-31(11-9-30)22-44-26-36-18-29(2)19-37(39(36)42-4)27-45-23-32-12-14-33(15-13-32)24-46-47(5,6)7/h8-20H,21-27H2,1-7H3. The lowest BCUT2D eigenvalue weighted by Gasteiger charge is -2.17. The van der Waals surface area contributed by atoms with Gasteiger partial charge in [-0.2, -0.15) is 0 Å². The van der Waals surface area contributed by atoms with Crippen LogP contribution in [-0.2, 0) is 64.9 Å². The number of benzene rings is 4. The summed E-state index contributed by atoms with van der Waals surface area (Å²) in [6, 6.07) is 24.6. The monoisotopic (exact) mass is 656 g/mol. The molecule has 0 unspecified atom stereocenters. The van der Waals surface area contributed by atoms with Crippen LogP contribution in [0.5, 0.6) is 11.5 Å². The molecule has 4 aromatic carbocycles. The van der Waals surface area contributed by atoms with Crippen LogP contribution < -0.4 is 9.47 Å². The first-order valence-electron chi connectivity index (χ1n) is 15.9. The van der Waals surface area contributed by atoms with Crippen molar-refractivity contribution < 1.29 is 32.9 Å². The second kappa shape index (κ2) is 17.4. The summed E-state index contributed by atoms with van der Waals surface area (Å²) >= 11 is 0. The van der Waals surface area contributed by atoms with Crippen LogP contribution in [0.4, 0.5) is 0 Å². The summed E-state index contributed by atoms with van der Waals surface area (Å²) in [7, 11) is 1.72. The molecule has 47 heavy (non-hydrogen) atoms. The van der Waals surface area contributed by atoms with E-state index in [-0.39, 0.29) is 0 Å². The van der Waals surface area contributed by atoms with E-state index in [1.54, 1.807) is 14.2 Å². The SMILES string of the molecule is COc1c(C=O)cc(C)cc1COCc1ccc(COCc2cc(C)cc(COCc3ccc(CO[Si](C)(C)C)cc3)c2OC)cc1. The molecule has 0 radical (unpaired) electrons. The number of rotatable bonds is 18. The third-order valence-electron chi connectivity index (χ3n) is 7.56. The van der Waals surface area contributed by atoms with Crippen LogP contribution in [0.1, 0.15) is 60.4 Å². The Hall–Kier alpha value is -3.79. The van der Waals surface area contributed by atoms with Gasteiger partial charge in [0.2, 0.25) is 0 Å². The molecule has 0 heterocycles. The van der Waals surface area contributed by atoms with E-state index >= 15 is 0 Å². The van der Waals surface area contributed by atoms with Crippen LogP contribution in [0.15, 0.2) is 72.8 Å². The Bertz CT molecular complexity index is 1590. The summed E-state index contributed by atoms with van der Waals surface area (Å²) in [5.74, 6) is 1.36. The molecule has 0 spiro atoms. The highest BCUT2D eigenvalue weighted by atomic mass is 28.4. The van der Waals surface area contributed by atoms with E-state index < -0.39 is 8.32 Å². The van der Waals surface area contributed by atoms with Crippen LogP contribution in [-0.4, -0.2) is 28.8 Å². The molecule has 0 atom stereocenters. The molecule has 0 aliphatic rings. The van der Waals surface area contributed by atoms with Gasteiger partial charge < -0.3 is 28.1 Å². The Morgan fingerprint density at radius 2 is 0.894 bits per heavy atom. The third kappa shape index (κ3) is 11.2. The molecule has 0 aliphatic heterocycles. The van der Waals surface area contributed by atoms with Gasteiger partial charge in [-0.15, -0.1) is 0 Å². The zero-order chi connectivity index (χ0) is 33.8. The first kappa shape index (κ1) is 36.1. The molecule has 0 amide bonds. The molecular weight excluding hydrogens is 609 g/mol. The van der Waals surface area contributed by atoms with E-state index in [0.29, 0.717) is 57.6 Å². The van der Waals surface area contributed by atoms with Crippen molar-refractivity contribution in [2.24, 2.45) is 0 Å². The van der Waals surface area contributed by atoms with E-state index in [9.17, 15) is 4.79 Å². The molecule has 4 aromatic rings. The van der Waals surface area contributed by atoms with Gasteiger partial charge in [0.1, 0.15) is 11.5 Å². The molecule has 0 aliphatic carbocycles. The van der Waals surface area contributed by atoms with Crippen molar-refractivity contribution in [3.8, 4) is 11.5 Å². The van der Waals surface area contributed by atoms with E-state index in [1.165, 1.54) is 5.56 Å². The lowest BCUT2D eigenvalue weighted by atomic mass is 10.1. The van der Waals surface area contributed by atoms with E-state index in [2.05, 4.69) is 75.1 Å². The van der Waals surface area contributed by atoms with Crippen LogP contribution in [0, 0.1) is 13.8 Å². The molecule has 8 heteroatoms. The van der Waals surface area contributed by atoms with Gasteiger partial charge >= 0.3 is 0 Å². The first-order valence-corrected chi connectivity index (χ1v) is 19.3. The van der Waals surface area contributed by atoms with Crippen molar-refractivity contribution >= 4 is 14.6 Å². The fourth-order valence-electron chi connectivity index (χ4n) is 5.33. The maximum Gasteiger partial charge on any atom is 0.184 e. The number of ether oxygens (including phenoxy) is 5. The van der Waals surface area contributed by atoms with E-state index in [0.717, 1.165) is 56.5 Å². The minimum atomic E-state index is -1.54. The lowest BCUT2D eigenvalue weighted by molar-refractivity contribution is 0.0992. The maximum absolute atomic E-state index is 11.4. The normalized spacial score (nSPS) is 11.5. The van der Waals surface area contributed by atoms with Crippen molar-refractivity contribution in [1.29, 1.82) is 0 Å². The van der Waals surface area contributed by atoms with Gasteiger partial charge in [-0.1, -0.05) is 72.3 Å². The van der Waals surface area contributed by atoms with Gasteiger partial charge in [0.25, 0.3) is 0 Å². The number of hydrogen-bond donors (Lipinski definition) is 0. The van der Waals surface area contributed by atoms with Gasteiger partial charge in [-0.3, -0.25) is 4.79 Å². The quantitative estimate of drug-likeness (QED) is 0.0784. The number of hydrogen-bond acceptors (Lipinski definition) is 7. The average molecular weight is 657 g/mol. The second-order valence-corrected chi connectivity index (χ2v) is 17.3. The van der Waals surface area contributed by atoms with E-state index in [4.69, 9.17) is 28.1 Å². The zero-order valence-corrected chi connectivity index (χ0v) is 29.8. The Morgan fingerprint density at radius 3 is 1.26 bits per heavy atom. The van der Waals surface area contributed by atoms with Crippen molar-refractivity contribution in [3.63, 3.8) is 0 Å². The predicted molar refractivity (Wildman–Crippen MR) is 187 cm³/mol. The van der Waals surface area contributed by atoms with Gasteiger partial charge in [0, 0.05) is 16.7 Å². The van der Waals surface area contributed by atoms with Crippen LogP contribution in [0.2, 0.25) is 19.6 Å². The number of methoxy groups -OCH3 is 2. The summed E-state index contributed by atoms with van der Waals surface area (Å²) in [4.78, 5) is 11.4. The molecule has 4 rings (SSSR count). The smallest absolute Gasteiger partial charge is 0.184 e. The highest BCUT2D eigenvalue weighted by molar-refractivity contribution is 6.69. The Labute approximate surface area is 280 Å². The van der Waals surface area contributed by atoms with Crippen molar-refractivity contribution in [2.75, 3.05) is 14.2 Å². The third-order valence-corrected chi connectivity index (χ3v) is 8.57. The topological polar surface area (TPSA) is 72.5 Å². The highest BCUT2D eigenvalue weighted by Crippen LogP contribution is 2.29. The summed E-state index contributed by atoms with van der Waals surface area (Å²) in [5, 5.41) is 0. The van der Waals surface area contributed by atoms with Crippen LogP contribution >= 0.6 is 0 Å². The summed E-state index contributed by atoms with van der Waals surface area (Å²) in [6.07, 6.45) is 0.812. The molecule has 0 N–H and O–H groups in total. The molecule has 0 aromatic heterocycles. The Balaban J connectivity index is 1.26. The van der Waals surface area contributed by atoms with Gasteiger partial charge in [0.15, 0.2) is 14.6 Å². The van der Waals surface area contributed by atoms with Crippen molar-refractivity contribution in [3.05, 3.63) is 128 Å². The number of carbonyl (C=O) groups excluding carboxylic acids is 1. The summed E-state index contributed by atoms with van der Waals surface area (Å²) < 4.78 is 35.4. The fraction of sp³-hybridized carbons (Fsp3) is 0.359. The molecule has 0 saturated heterocycles. The highest BCUT2D eigenvalue weighted by Gasteiger charge is 2.15. The molecule has 0 saturated carbocycles. The van der Waals surface area contributed by atoms with Gasteiger partial charge in [0.05, 0.1) is 66.0 Å². The predicted octanol–water partition coefficient (Wildman–Crippen LogP) is 8.64. The van der Waals surface area contributed by atoms with E-state index in [1.807, 2.05) is 31.2 Å². The summed E-state index contributed by atoms with van der Waals surface area (Å²) in [6.45, 7) is 13.9. The minimum absolute atomic E-state index is 0.351. The molecule has 250 valence electrons. The zero-order valence-electron chi connectivity index (χ0n) is 28.8. The number of aldehydes is 1. The second-order valence-electron chi connectivity index (χ2n) is 12.8. The average Bonchev–Trinajstić information content (AvgIpc) is 3.04. The minimum Gasteiger partial charge on any atom is -0.496 e. The lowest BCUT2D eigenvalue weighted by Crippen LogP contribution is -2.24. The molecule has 7 nitrogen and oxygen atoms in total. The molecular formula is C39H48O7Si. The van der Waals surface area contributed by atoms with Crippen molar-refractivity contribution in [2.45, 2.75) is 79.7 Å². The fourth-order valence-corrected chi connectivity index (χ4v) is 5.93. The Kier molecular flexibility index (Phi) is 13.3. The van der Waals surface area contributed by atoms with Crippen LogP contribution in [0.3, 0.4) is 0 Å². The number of aryl methyl sites for hydroxylation is 2. The van der Waals surface area contributed by atoms with Crippen molar-refractivity contribution in [1.82, 2.24) is 0 Å². The van der Waals surface area contributed by atoms with Crippen LogP contribution in [0.25, 0.3) is 0 Å². The molecule has 0 fully saturated rings. The summed E-state index contributed by atoms with van der Waals surface area (Å²) in [5.41, 5.74) is 9.92. The maximum atomic E-state index is 11.4. The van der Waals surface area contributed by atoms with Gasteiger partial charge in [-0.05, 0) is 67.4 Å². The molecule has 0 bridgehead atoms. The number of carbonyl (C=O) groups is 1. The largest absolute Gasteiger partial charge is 0.496 e. The Morgan fingerprint density at radius 1 is 0.532 bits per heavy atom.